The van der Waals surface area contributed by atoms with E-state index in [4.69, 9.17) is 16.3 Å². The average Bonchev–Trinajstić information content (AvgIpc) is 2.91. The van der Waals surface area contributed by atoms with Gasteiger partial charge in [-0.3, -0.25) is 4.79 Å². The summed E-state index contributed by atoms with van der Waals surface area (Å²) in [6.07, 6.45) is 0. The molecule has 0 aliphatic heterocycles. The van der Waals surface area contributed by atoms with E-state index in [9.17, 15) is 4.79 Å². The molecule has 0 unspecified atom stereocenters. The molecule has 1 aromatic heterocycles. The minimum atomic E-state index is -0.309. The van der Waals surface area contributed by atoms with E-state index in [1.807, 2.05) is 60.9 Å². The SMILES string of the molecule is CCn1c(=NC(=O)COc2ccccc2)sc2cc(Cl)cc(C)c21. The number of aromatic nitrogens is 1. The maximum atomic E-state index is 12.2. The number of para-hydroxylation sites is 1. The molecular weight excluding hydrogens is 344 g/mol. The van der Waals surface area contributed by atoms with Crippen LogP contribution in [0.2, 0.25) is 5.02 Å². The highest BCUT2D eigenvalue weighted by molar-refractivity contribution is 7.16. The quantitative estimate of drug-likeness (QED) is 0.700. The third kappa shape index (κ3) is 3.52. The second kappa shape index (κ2) is 7.20. The fourth-order valence-electron chi connectivity index (χ4n) is 2.55. The van der Waals surface area contributed by atoms with Gasteiger partial charge in [0.2, 0.25) is 0 Å². The fraction of sp³-hybridized carbons (Fsp3) is 0.222. The van der Waals surface area contributed by atoms with Crippen molar-refractivity contribution in [2.45, 2.75) is 20.4 Å². The molecule has 0 saturated heterocycles. The Labute approximate surface area is 149 Å². The average molecular weight is 361 g/mol. The molecule has 3 aromatic rings. The van der Waals surface area contributed by atoms with Crippen molar-refractivity contribution in [2.24, 2.45) is 4.99 Å². The number of halogens is 1. The van der Waals surface area contributed by atoms with E-state index in [2.05, 4.69) is 4.99 Å². The Morgan fingerprint density at radius 3 is 2.75 bits per heavy atom. The van der Waals surface area contributed by atoms with Crippen LogP contribution < -0.4 is 9.54 Å². The topological polar surface area (TPSA) is 43.6 Å². The number of thiazole rings is 1. The molecular formula is C18H17ClN2O2S. The van der Waals surface area contributed by atoms with Gasteiger partial charge in [0.15, 0.2) is 11.4 Å². The second-order valence-electron chi connectivity index (χ2n) is 5.31. The zero-order chi connectivity index (χ0) is 17.1. The summed E-state index contributed by atoms with van der Waals surface area (Å²) in [5, 5.41) is 0.690. The van der Waals surface area contributed by atoms with Crippen molar-refractivity contribution >= 4 is 39.1 Å². The summed E-state index contributed by atoms with van der Waals surface area (Å²) in [6.45, 7) is 4.69. The van der Waals surface area contributed by atoms with E-state index in [0.717, 1.165) is 22.3 Å². The van der Waals surface area contributed by atoms with Crippen LogP contribution in [0.15, 0.2) is 47.5 Å². The van der Waals surface area contributed by atoms with Gasteiger partial charge in [0.05, 0.1) is 10.2 Å². The van der Waals surface area contributed by atoms with Gasteiger partial charge in [-0.1, -0.05) is 41.1 Å². The minimum Gasteiger partial charge on any atom is -0.484 e. The number of carbonyl (C=O) groups excluding carboxylic acids is 1. The first-order chi connectivity index (χ1) is 11.6. The number of rotatable bonds is 4. The highest BCUT2D eigenvalue weighted by Crippen LogP contribution is 2.25. The van der Waals surface area contributed by atoms with E-state index in [1.54, 1.807) is 0 Å². The molecule has 0 spiro atoms. The van der Waals surface area contributed by atoms with Crippen molar-refractivity contribution in [2.75, 3.05) is 6.61 Å². The molecule has 6 heteroatoms. The van der Waals surface area contributed by atoms with E-state index in [0.29, 0.717) is 15.6 Å². The highest BCUT2D eigenvalue weighted by Gasteiger charge is 2.10. The van der Waals surface area contributed by atoms with Crippen molar-refractivity contribution < 1.29 is 9.53 Å². The number of fused-ring (bicyclic) bond motifs is 1. The summed E-state index contributed by atoms with van der Waals surface area (Å²) in [4.78, 5) is 17.1. The summed E-state index contributed by atoms with van der Waals surface area (Å²) in [6, 6.07) is 13.1. The normalized spacial score (nSPS) is 11.9. The number of hydrogen-bond acceptors (Lipinski definition) is 3. The molecule has 0 saturated carbocycles. The van der Waals surface area contributed by atoms with Gasteiger partial charge in [-0.2, -0.15) is 4.99 Å². The third-order valence-corrected chi connectivity index (χ3v) is 4.82. The highest BCUT2D eigenvalue weighted by atomic mass is 35.5. The number of hydrogen-bond donors (Lipinski definition) is 0. The predicted molar refractivity (Wildman–Crippen MR) is 97.7 cm³/mol. The molecule has 0 radical (unpaired) electrons. The molecule has 0 fully saturated rings. The summed E-state index contributed by atoms with van der Waals surface area (Å²) >= 11 is 7.59. The zero-order valence-electron chi connectivity index (χ0n) is 13.5. The van der Waals surface area contributed by atoms with Crippen LogP contribution >= 0.6 is 22.9 Å². The van der Waals surface area contributed by atoms with Crippen LogP contribution in [-0.4, -0.2) is 17.1 Å². The smallest absolute Gasteiger partial charge is 0.286 e. The van der Waals surface area contributed by atoms with Crippen molar-refractivity contribution in [3.05, 3.63) is 57.9 Å². The monoisotopic (exact) mass is 360 g/mol. The van der Waals surface area contributed by atoms with Crippen LogP contribution in [-0.2, 0) is 11.3 Å². The van der Waals surface area contributed by atoms with Crippen LogP contribution in [0.25, 0.3) is 10.2 Å². The molecule has 1 heterocycles. The van der Waals surface area contributed by atoms with Crippen LogP contribution in [0.1, 0.15) is 12.5 Å². The van der Waals surface area contributed by atoms with Gasteiger partial charge in [0.1, 0.15) is 5.75 Å². The molecule has 0 bridgehead atoms. The van der Waals surface area contributed by atoms with E-state index in [1.165, 1.54) is 11.3 Å². The number of nitrogens with zero attached hydrogens (tertiary/aromatic N) is 2. The molecule has 3 rings (SSSR count). The Balaban J connectivity index is 1.91. The maximum Gasteiger partial charge on any atom is 0.286 e. The molecule has 0 aliphatic rings. The first-order valence-corrected chi connectivity index (χ1v) is 8.83. The predicted octanol–water partition coefficient (Wildman–Crippen LogP) is 4.19. The summed E-state index contributed by atoms with van der Waals surface area (Å²) in [5.41, 5.74) is 2.15. The van der Waals surface area contributed by atoms with Crippen LogP contribution in [0.4, 0.5) is 0 Å². The van der Waals surface area contributed by atoms with Gasteiger partial charge >= 0.3 is 0 Å². The van der Waals surface area contributed by atoms with E-state index < -0.39 is 0 Å². The first-order valence-electron chi connectivity index (χ1n) is 7.63. The van der Waals surface area contributed by atoms with Crippen molar-refractivity contribution in [1.82, 2.24) is 4.57 Å². The molecule has 2 aromatic carbocycles. The summed E-state index contributed by atoms with van der Waals surface area (Å²) in [7, 11) is 0. The van der Waals surface area contributed by atoms with Gasteiger partial charge in [0, 0.05) is 11.6 Å². The number of ether oxygens (including phenoxy) is 1. The van der Waals surface area contributed by atoms with Gasteiger partial charge in [-0.25, -0.2) is 0 Å². The van der Waals surface area contributed by atoms with Crippen molar-refractivity contribution in [1.29, 1.82) is 0 Å². The standard InChI is InChI=1S/C18H17ClN2O2S/c1-3-21-17-12(2)9-13(19)10-15(17)24-18(21)20-16(22)11-23-14-7-5-4-6-8-14/h4-10H,3,11H2,1-2H3. The lowest BCUT2D eigenvalue weighted by molar-refractivity contribution is -0.120. The largest absolute Gasteiger partial charge is 0.484 e. The molecule has 0 N–H and O–H groups in total. The molecule has 4 nitrogen and oxygen atoms in total. The number of carbonyl (C=O) groups is 1. The van der Waals surface area contributed by atoms with Gasteiger partial charge in [0.25, 0.3) is 5.91 Å². The number of benzene rings is 2. The molecule has 24 heavy (non-hydrogen) atoms. The molecule has 0 atom stereocenters. The number of aryl methyl sites for hydroxylation is 2. The summed E-state index contributed by atoms with van der Waals surface area (Å²) in [5.74, 6) is 0.347. The zero-order valence-corrected chi connectivity index (χ0v) is 15.0. The van der Waals surface area contributed by atoms with Crippen LogP contribution in [0.3, 0.4) is 0 Å². The maximum absolute atomic E-state index is 12.2. The van der Waals surface area contributed by atoms with Crippen molar-refractivity contribution in [3.63, 3.8) is 0 Å². The second-order valence-corrected chi connectivity index (χ2v) is 6.75. The molecule has 1 amide bonds. The van der Waals surface area contributed by atoms with Crippen LogP contribution in [0.5, 0.6) is 5.75 Å². The van der Waals surface area contributed by atoms with Gasteiger partial charge in [-0.15, -0.1) is 0 Å². The van der Waals surface area contributed by atoms with E-state index in [-0.39, 0.29) is 12.5 Å². The Morgan fingerprint density at radius 2 is 2.04 bits per heavy atom. The van der Waals surface area contributed by atoms with Crippen LogP contribution in [0, 0.1) is 6.92 Å². The third-order valence-electron chi connectivity index (χ3n) is 3.57. The Hall–Kier alpha value is -2.11. The van der Waals surface area contributed by atoms with Crippen molar-refractivity contribution in [3.8, 4) is 5.75 Å². The van der Waals surface area contributed by atoms with Gasteiger partial charge < -0.3 is 9.30 Å². The lowest BCUT2D eigenvalue weighted by Gasteiger charge is -2.04. The summed E-state index contributed by atoms with van der Waals surface area (Å²) < 4.78 is 8.52. The molecule has 0 aliphatic carbocycles. The lowest BCUT2D eigenvalue weighted by Crippen LogP contribution is -2.19. The minimum absolute atomic E-state index is 0.0816. The lowest BCUT2D eigenvalue weighted by atomic mass is 10.2. The van der Waals surface area contributed by atoms with E-state index >= 15 is 0 Å². The number of amides is 1. The van der Waals surface area contributed by atoms with Gasteiger partial charge in [-0.05, 0) is 43.7 Å². The Kier molecular flexibility index (Phi) is 5.02. The molecule has 124 valence electrons. The first kappa shape index (κ1) is 16.7. The Morgan fingerprint density at radius 1 is 1.29 bits per heavy atom. The Bertz CT molecular complexity index is 945. The fourth-order valence-corrected chi connectivity index (χ4v) is 4.12.